The van der Waals surface area contributed by atoms with Crippen molar-refractivity contribution in [1.82, 2.24) is 4.90 Å². The summed E-state index contributed by atoms with van der Waals surface area (Å²) in [6.07, 6.45) is -3.31. The molecule has 1 aromatic carbocycles. The fourth-order valence-electron chi connectivity index (χ4n) is 1.67. The lowest BCUT2D eigenvalue weighted by Crippen LogP contribution is -2.39. The number of hydrogen-bond acceptors (Lipinski definition) is 3. The van der Waals surface area contributed by atoms with Gasteiger partial charge in [0.05, 0.1) is 12.7 Å². The maximum Gasteiger partial charge on any atom is 0.406 e. The lowest BCUT2D eigenvalue weighted by molar-refractivity contribution is -0.139. The quantitative estimate of drug-likeness (QED) is 0.620. The Kier molecular flexibility index (Phi) is 5.52. The lowest BCUT2D eigenvalue weighted by Gasteiger charge is -2.22. The second-order valence-electron chi connectivity index (χ2n) is 4.16. The van der Waals surface area contributed by atoms with E-state index in [4.69, 9.17) is 0 Å². The molecule has 0 N–H and O–H groups in total. The molecule has 0 unspecified atom stereocenters. The normalized spacial score (nSPS) is 10.9. The Morgan fingerprint density at radius 1 is 1.33 bits per heavy atom. The predicted octanol–water partition coefficient (Wildman–Crippen LogP) is 2.66. The van der Waals surface area contributed by atoms with Crippen molar-refractivity contribution in [3.63, 3.8) is 0 Å². The van der Waals surface area contributed by atoms with Gasteiger partial charge in [-0.1, -0.05) is 12.1 Å². The van der Waals surface area contributed by atoms with Gasteiger partial charge < -0.3 is 9.64 Å². The molecular formula is C14H14F3NO3. The molecule has 0 saturated heterocycles. The summed E-state index contributed by atoms with van der Waals surface area (Å²) in [6, 6.07) is 5.34. The molecule has 0 fully saturated rings. The number of amides is 1. The summed E-state index contributed by atoms with van der Waals surface area (Å²) in [7, 11) is 1.17. The van der Waals surface area contributed by atoms with Crippen LogP contribution in [0.2, 0.25) is 0 Å². The third-order valence-electron chi connectivity index (χ3n) is 2.54. The molecule has 114 valence electrons. The summed E-state index contributed by atoms with van der Waals surface area (Å²) >= 11 is 0. The summed E-state index contributed by atoms with van der Waals surface area (Å²) in [6.45, 7) is 1.69. The molecule has 7 heteroatoms. The van der Waals surface area contributed by atoms with E-state index in [1.165, 1.54) is 37.5 Å². The number of rotatable bonds is 5. The monoisotopic (exact) mass is 301 g/mol. The van der Waals surface area contributed by atoms with Gasteiger partial charge in [-0.05, 0) is 18.2 Å². The minimum Gasteiger partial charge on any atom is -0.465 e. The maximum absolute atomic E-state index is 12.5. The van der Waals surface area contributed by atoms with E-state index in [2.05, 4.69) is 11.3 Å². The Labute approximate surface area is 119 Å². The third-order valence-corrected chi connectivity index (χ3v) is 2.54. The molecule has 0 bridgehead atoms. The zero-order valence-electron chi connectivity index (χ0n) is 11.3. The number of benzene rings is 1. The van der Waals surface area contributed by atoms with Gasteiger partial charge in [0.2, 0.25) is 0 Å². The third kappa shape index (κ3) is 4.94. The highest BCUT2D eigenvalue weighted by atomic mass is 19.4. The second kappa shape index (κ2) is 6.92. The van der Waals surface area contributed by atoms with Crippen molar-refractivity contribution in [1.29, 1.82) is 0 Å². The molecule has 1 aromatic rings. The summed E-state index contributed by atoms with van der Waals surface area (Å²) in [5.41, 5.74) is 0.0675. The predicted molar refractivity (Wildman–Crippen MR) is 69.9 cm³/mol. The molecule has 0 aliphatic heterocycles. The summed E-state index contributed by atoms with van der Waals surface area (Å²) < 4.78 is 41.9. The van der Waals surface area contributed by atoms with E-state index in [-0.39, 0.29) is 17.7 Å². The molecule has 0 heterocycles. The molecule has 0 aliphatic carbocycles. The van der Waals surface area contributed by atoms with E-state index in [0.717, 1.165) is 0 Å². The van der Waals surface area contributed by atoms with Crippen LogP contribution < -0.4 is 0 Å². The van der Waals surface area contributed by atoms with Crippen LogP contribution in [0.15, 0.2) is 36.9 Å². The minimum absolute atomic E-state index is 0.0241. The fraction of sp³-hybridized carbons (Fsp3) is 0.286. The van der Waals surface area contributed by atoms with Gasteiger partial charge in [-0.2, -0.15) is 13.2 Å². The lowest BCUT2D eigenvalue weighted by atomic mass is 10.1. The van der Waals surface area contributed by atoms with Crippen LogP contribution in [0.4, 0.5) is 13.2 Å². The van der Waals surface area contributed by atoms with Crippen LogP contribution in [0.25, 0.3) is 0 Å². The van der Waals surface area contributed by atoms with Crippen molar-refractivity contribution < 1.29 is 27.5 Å². The first-order valence-corrected chi connectivity index (χ1v) is 5.94. The van der Waals surface area contributed by atoms with Crippen molar-refractivity contribution in [3.8, 4) is 0 Å². The average Bonchev–Trinajstić information content (AvgIpc) is 2.44. The van der Waals surface area contributed by atoms with E-state index in [1.807, 2.05) is 0 Å². The first kappa shape index (κ1) is 16.7. The second-order valence-corrected chi connectivity index (χ2v) is 4.16. The van der Waals surface area contributed by atoms with Gasteiger partial charge in [0.25, 0.3) is 5.91 Å². The van der Waals surface area contributed by atoms with Crippen LogP contribution in [0.3, 0.4) is 0 Å². The standard InChI is InChI=1S/C14H14F3NO3/c1-3-7-18(9-14(15,16)17)12(19)10-5-4-6-11(8-10)13(20)21-2/h3-6,8H,1,7,9H2,2H3. The summed E-state index contributed by atoms with van der Waals surface area (Å²) in [4.78, 5) is 24.1. The van der Waals surface area contributed by atoms with Gasteiger partial charge in [0, 0.05) is 12.1 Å². The minimum atomic E-state index is -4.52. The Morgan fingerprint density at radius 3 is 2.48 bits per heavy atom. The fourth-order valence-corrected chi connectivity index (χ4v) is 1.67. The van der Waals surface area contributed by atoms with Crippen molar-refractivity contribution in [2.45, 2.75) is 6.18 Å². The molecule has 1 amide bonds. The number of ether oxygens (including phenoxy) is 1. The van der Waals surface area contributed by atoms with E-state index < -0.39 is 24.6 Å². The Bertz CT molecular complexity index is 541. The van der Waals surface area contributed by atoms with Crippen molar-refractivity contribution in [2.24, 2.45) is 0 Å². The average molecular weight is 301 g/mol. The van der Waals surface area contributed by atoms with Crippen LogP contribution in [-0.4, -0.2) is 43.2 Å². The zero-order chi connectivity index (χ0) is 16.0. The first-order valence-electron chi connectivity index (χ1n) is 5.94. The van der Waals surface area contributed by atoms with E-state index in [9.17, 15) is 22.8 Å². The summed E-state index contributed by atoms with van der Waals surface area (Å²) in [5, 5.41) is 0. The molecule has 1 rings (SSSR count). The molecule has 0 atom stereocenters. The number of nitrogens with zero attached hydrogens (tertiary/aromatic N) is 1. The van der Waals surface area contributed by atoms with E-state index in [0.29, 0.717) is 4.90 Å². The van der Waals surface area contributed by atoms with Gasteiger partial charge in [-0.25, -0.2) is 4.79 Å². The van der Waals surface area contributed by atoms with Gasteiger partial charge in [-0.15, -0.1) is 6.58 Å². The number of hydrogen-bond donors (Lipinski definition) is 0. The van der Waals surface area contributed by atoms with Crippen LogP contribution in [0.1, 0.15) is 20.7 Å². The molecule has 0 radical (unpaired) electrons. The van der Waals surface area contributed by atoms with E-state index in [1.54, 1.807) is 0 Å². The molecule has 0 aromatic heterocycles. The molecular weight excluding hydrogens is 287 g/mol. The number of methoxy groups -OCH3 is 1. The molecule has 4 nitrogen and oxygen atoms in total. The van der Waals surface area contributed by atoms with Crippen molar-refractivity contribution in [3.05, 3.63) is 48.0 Å². The van der Waals surface area contributed by atoms with Crippen molar-refractivity contribution >= 4 is 11.9 Å². The Balaban J connectivity index is 3.03. The van der Waals surface area contributed by atoms with Gasteiger partial charge in [0.15, 0.2) is 0 Å². The SMILES string of the molecule is C=CCN(CC(F)(F)F)C(=O)c1cccc(C(=O)OC)c1. The smallest absolute Gasteiger partial charge is 0.406 e. The van der Waals surface area contributed by atoms with Gasteiger partial charge >= 0.3 is 12.1 Å². The highest BCUT2D eigenvalue weighted by Crippen LogP contribution is 2.18. The Hall–Kier alpha value is -2.31. The number of carbonyl (C=O) groups excluding carboxylic acids is 2. The number of alkyl halides is 3. The molecule has 0 saturated carbocycles. The van der Waals surface area contributed by atoms with Gasteiger partial charge in [-0.3, -0.25) is 4.79 Å². The number of esters is 1. The van der Waals surface area contributed by atoms with Gasteiger partial charge in [0.1, 0.15) is 6.54 Å². The van der Waals surface area contributed by atoms with Crippen LogP contribution in [0, 0.1) is 0 Å². The van der Waals surface area contributed by atoms with E-state index >= 15 is 0 Å². The molecule has 21 heavy (non-hydrogen) atoms. The Morgan fingerprint density at radius 2 is 1.95 bits per heavy atom. The van der Waals surface area contributed by atoms with Crippen molar-refractivity contribution in [2.75, 3.05) is 20.2 Å². The molecule has 0 spiro atoms. The van der Waals surface area contributed by atoms with Crippen LogP contribution in [-0.2, 0) is 4.74 Å². The first-order chi connectivity index (χ1) is 9.78. The summed E-state index contributed by atoms with van der Waals surface area (Å²) in [5.74, 6) is -1.51. The van der Waals surface area contributed by atoms with Crippen LogP contribution in [0.5, 0.6) is 0 Å². The zero-order valence-corrected chi connectivity index (χ0v) is 11.3. The maximum atomic E-state index is 12.5. The number of carbonyl (C=O) groups is 2. The topological polar surface area (TPSA) is 46.6 Å². The number of halogens is 3. The highest BCUT2D eigenvalue weighted by molar-refractivity contribution is 5.98. The molecule has 0 aliphatic rings. The highest BCUT2D eigenvalue weighted by Gasteiger charge is 2.33. The largest absolute Gasteiger partial charge is 0.465 e. The van der Waals surface area contributed by atoms with Crippen LogP contribution >= 0.6 is 0 Å².